The Morgan fingerprint density at radius 3 is 1.11 bits per heavy atom. The average Bonchev–Trinajstić information content (AvgIpc) is 0.753. The van der Waals surface area contributed by atoms with Gasteiger partial charge in [0.2, 0.25) is 23.6 Å². The molecular formula is C56H94N4O45S2. The van der Waals surface area contributed by atoms with E-state index in [1.807, 2.05) is 0 Å². The monoisotopic (exact) mass is 1610 g/mol. The summed E-state index contributed by atoms with van der Waals surface area (Å²) in [6.45, 7) is -1.01. The molecule has 0 bridgehead atoms. The molecule has 0 radical (unpaired) electrons. The zero-order valence-electron chi connectivity index (χ0n) is 57.3. The third-order valence-electron chi connectivity index (χ3n) is 18.6. The van der Waals surface area contributed by atoms with Crippen LogP contribution in [0, 0.1) is 0 Å². The predicted octanol–water partition coefficient (Wildman–Crippen LogP) is -16.2. The van der Waals surface area contributed by atoms with Gasteiger partial charge in [-0.25, -0.2) is 8.37 Å². The number of amides is 4. The number of hydrogen-bond donors (Lipinski definition) is 24. The number of aliphatic hydroxyl groups excluding tert-OH is 18. The van der Waals surface area contributed by atoms with Crippen LogP contribution in [0.2, 0.25) is 0 Å². The van der Waals surface area contributed by atoms with Gasteiger partial charge in [-0.05, 0) is 13.8 Å². The SMILES string of the molecule is CC(=O)N[C@@H]1[C@@H](O[C@@H]2O[C@H](CO)[C@H](O)[C@H](O[C@H]3O[C@H](CO)[C@H](O)[C@H](O[C@H]4O[C@H](CO)[C@@H](O)[C@H](O[C@@H]5O[C@@H](C)[C@@H](O)[C@@H](O)[C@@H]5O)[C@H]4NC(C)=O)[C@H]3NC(C)=O)[C@H]2O[C@@H]2O[C@@H](C)[C@@H](O)[C@@H](O)[C@@H]2O)[C@@H](O)[C@@H](CO[C@@H]2O[C@H](COS(=O)(=O)O)[C@@H](O[C@@H]3O[C@H](CO)[C@H](O)[C@H](OS(=O)(=O)O)[C@H]3O)[C@H](O)[C@H]2NC(C)=O)O[C@H]1O. The summed E-state index contributed by atoms with van der Waals surface area (Å²) in [6, 6.07) is -7.83. The van der Waals surface area contributed by atoms with Gasteiger partial charge in [-0.2, -0.15) is 16.8 Å². The van der Waals surface area contributed by atoms with Crippen LogP contribution < -0.4 is 21.3 Å². The van der Waals surface area contributed by atoms with E-state index in [1.165, 1.54) is 13.8 Å². The van der Waals surface area contributed by atoms with Crippen molar-refractivity contribution in [2.24, 2.45) is 0 Å². The Kier molecular flexibility index (Phi) is 31.1. The van der Waals surface area contributed by atoms with E-state index in [2.05, 4.69) is 29.6 Å². The number of carbonyl (C=O) groups is 4. The summed E-state index contributed by atoms with van der Waals surface area (Å²) in [4.78, 5) is 52.2. The van der Waals surface area contributed by atoms with Crippen molar-refractivity contribution in [1.29, 1.82) is 0 Å². The Balaban J connectivity index is 1.14. The van der Waals surface area contributed by atoms with E-state index in [9.17, 15) is 137 Å². The molecule has 0 unspecified atom stereocenters. The molecule has 107 heavy (non-hydrogen) atoms. The van der Waals surface area contributed by atoms with E-state index < -0.39 is 329 Å². The summed E-state index contributed by atoms with van der Waals surface area (Å²) < 4.78 is 165. The van der Waals surface area contributed by atoms with E-state index in [-0.39, 0.29) is 0 Å². The fraction of sp³-hybridized carbons (Fsp3) is 0.929. The molecule has 0 aliphatic carbocycles. The molecule has 0 saturated carbocycles. The number of nitrogens with one attached hydrogen (secondary N) is 4. The van der Waals surface area contributed by atoms with Gasteiger partial charge >= 0.3 is 20.8 Å². The lowest BCUT2D eigenvalue weighted by atomic mass is 9.93. The number of hydrogen-bond acceptors (Lipinski definition) is 43. The molecule has 0 spiro atoms. The Hall–Kier alpha value is -3.70. The molecule has 49 nitrogen and oxygen atoms in total. The van der Waals surface area contributed by atoms with E-state index in [4.69, 9.17) is 71.1 Å². The third-order valence-corrected chi connectivity index (χ3v) is 19.5. The Bertz CT molecular complexity index is 3150. The van der Waals surface area contributed by atoms with Crippen LogP contribution in [0.25, 0.3) is 0 Å². The summed E-state index contributed by atoms with van der Waals surface area (Å²) in [5.74, 6) is -3.89. The molecule has 40 atom stereocenters. The molecule has 8 aliphatic heterocycles. The molecule has 620 valence electrons. The van der Waals surface area contributed by atoms with E-state index in [0.29, 0.717) is 0 Å². The summed E-state index contributed by atoms with van der Waals surface area (Å²) in [5, 5.41) is 211. The maximum Gasteiger partial charge on any atom is 0.397 e. The number of rotatable bonds is 28. The number of ether oxygens (including phenoxy) is 15. The fourth-order valence-electron chi connectivity index (χ4n) is 13.2. The molecule has 8 saturated heterocycles. The second kappa shape index (κ2) is 37.5. The first kappa shape index (κ1) is 88.9. The van der Waals surface area contributed by atoms with Crippen molar-refractivity contribution in [2.75, 3.05) is 39.6 Å². The van der Waals surface area contributed by atoms with Gasteiger partial charge in [0, 0.05) is 27.7 Å². The highest BCUT2D eigenvalue weighted by Gasteiger charge is 2.61. The minimum Gasteiger partial charge on any atom is -0.394 e. The first-order valence-corrected chi connectivity index (χ1v) is 35.9. The van der Waals surface area contributed by atoms with E-state index in [1.54, 1.807) is 0 Å². The van der Waals surface area contributed by atoms with Crippen LogP contribution in [0.4, 0.5) is 0 Å². The maximum atomic E-state index is 13.4. The van der Waals surface area contributed by atoms with Gasteiger partial charge in [-0.3, -0.25) is 28.3 Å². The van der Waals surface area contributed by atoms with Gasteiger partial charge in [0.1, 0.15) is 183 Å². The largest absolute Gasteiger partial charge is 0.397 e. The molecule has 8 aliphatic rings. The van der Waals surface area contributed by atoms with Crippen molar-refractivity contribution in [2.45, 2.75) is 287 Å². The van der Waals surface area contributed by atoms with Crippen molar-refractivity contribution in [3.63, 3.8) is 0 Å². The van der Waals surface area contributed by atoms with Crippen LogP contribution >= 0.6 is 0 Å². The standard InChI is InChI=1S/C56H94N4O45S2/c1-13-29(69)37(77)39(79)53(91-13)101-45-28(60-18(6)68)51(94-20(8-62)32(45)72)100-44-27(59-17(5)67)52(95-19(7-61)31(44)71)103-47-34(74)22(10-64)97-56(48(47)104-54-40(80)38(78)30(70)14(2)92-54)102-43-26(58-16(4)66)49(82)93-23(35(43)75)11-89-50-25(57-15(3)65)36(76)42(24(98-50)12-90-106(83,84)85)99-55-41(81)46(105-107(86,87)88)33(73)21(9-63)96-55/h13-14,19-56,61-64,69-82H,7-12H2,1-6H3,(H,57,65)(H,58,66)(H,59,67)(H,60,68)(H,83,84,85)(H,86,87,88)/t13-,14-,19+,20+,21+,22+,23+,24+,25+,26+,27+,28+,29+,30+,31-,32+,33-,34-,35-,36+,37+,38+,39-,40-,41+,42+,43+,44+,45+,46-,47-,48+,49+,50+,51+,52+,53-,54-,55-,56-/m0/s1. The van der Waals surface area contributed by atoms with E-state index in [0.717, 1.165) is 27.7 Å². The predicted molar refractivity (Wildman–Crippen MR) is 329 cm³/mol. The van der Waals surface area contributed by atoms with Crippen LogP contribution in [-0.4, -0.2) is 427 Å². The fourth-order valence-corrected chi connectivity index (χ4v) is 14.1. The summed E-state index contributed by atoms with van der Waals surface area (Å²) in [6.07, 6.45) is -75.4. The normalized spacial score (nSPS) is 46.6. The molecule has 0 aromatic heterocycles. The van der Waals surface area contributed by atoms with Gasteiger partial charge < -0.3 is 184 Å². The van der Waals surface area contributed by atoms with Crippen molar-refractivity contribution in [3.8, 4) is 0 Å². The second-order valence-electron chi connectivity index (χ2n) is 26.4. The van der Waals surface area contributed by atoms with Crippen molar-refractivity contribution < 1.29 is 216 Å². The van der Waals surface area contributed by atoms with Gasteiger partial charge in [-0.1, -0.05) is 0 Å². The Labute approximate surface area is 607 Å². The lowest BCUT2D eigenvalue weighted by molar-refractivity contribution is -0.400. The van der Waals surface area contributed by atoms with Gasteiger partial charge in [0.05, 0.1) is 51.8 Å². The summed E-state index contributed by atoms with van der Waals surface area (Å²) in [5.41, 5.74) is 0. The molecule has 51 heteroatoms. The summed E-state index contributed by atoms with van der Waals surface area (Å²) in [7, 11) is -11.0. The van der Waals surface area contributed by atoms with Crippen LogP contribution in [0.3, 0.4) is 0 Å². The molecular weight excluding hydrogens is 1510 g/mol. The molecule has 0 aromatic rings. The molecule has 4 amide bonds. The quantitative estimate of drug-likeness (QED) is 0.0324. The van der Waals surface area contributed by atoms with Crippen LogP contribution in [-0.2, 0) is 119 Å². The highest BCUT2D eigenvalue weighted by atomic mass is 32.3. The lowest BCUT2D eigenvalue weighted by Crippen LogP contribution is -2.72. The van der Waals surface area contributed by atoms with Crippen LogP contribution in [0.15, 0.2) is 0 Å². The highest BCUT2D eigenvalue weighted by molar-refractivity contribution is 7.81. The molecule has 8 rings (SSSR count). The van der Waals surface area contributed by atoms with Crippen molar-refractivity contribution in [3.05, 3.63) is 0 Å². The zero-order valence-corrected chi connectivity index (χ0v) is 58.9. The molecule has 0 aromatic carbocycles. The molecule has 24 N–H and O–H groups in total. The van der Waals surface area contributed by atoms with Gasteiger partial charge in [0.25, 0.3) is 0 Å². The highest BCUT2D eigenvalue weighted by Crippen LogP contribution is 2.40. The average molecular weight is 1610 g/mol. The first-order valence-electron chi connectivity index (χ1n) is 33.1. The minimum atomic E-state index is -5.52. The lowest BCUT2D eigenvalue weighted by Gasteiger charge is -2.52. The maximum absolute atomic E-state index is 13.4. The smallest absolute Gasteiger partial charge is 0.394 e. The van der Waals surface area contributed by atoms with Crippen LogP contribution in [0.1, 0.15) is 41.5 Å². The minimum absolute atomic E-state index is 0.885. The number of aliphatic hydroxyl groups is 18. The third kappa shape index (κ3) is 21.2. The topological polar surface area (TPSA) is 746 Å². The van der Waals surface area contributed by atoms with Crippen LogP contribution in [0.5, 0.6) is 0 Å². The second-order valence-corrected chi connectivity index (χ2v) is 28.5. The van der Waals surface area contributed by atoms with Gasteiger partial charge in [0.15, 0.2) is 50.3 Å². The van der Waals surface area contributed by atoms with Crippen molar-refractivity contribution >= 4 is 44.4 Å². The summed E-state index contributed by atoms with van der Waals surface area (Å²) >= 11 is 0. The molecule has 8 heterocycles. The first-order chi connectivity index (χ1) is 50.0. The van der Waals surface area contributed by atoms with Crippen molar-refractivity contribution in [1.82, 2.24) is 21.3 Å². The molecule has 8 fully saturated rings. The zero-order chi connectivity index (χ0) is 79.5. The Morgan fingerprint density at radius 2 is 0.664 bits per heavy atom. The Morgan fingerprint density at radius 1 is 0.318 bits per heavy atom. The van der Waals surface area contributed by atoms with Gasteiger partial charge in [-0.15, -0.1) is 0 Å². The van der Waals surface area contributed by atoms with E-state index >= 15 is 0 Å². The number of carbonyl (C=O) groups excluding carboxylic acids is 4.